The fourth-order valence-corrected chi connectivity index (χ4v) is 4.24. The van der Waals surface area contributed by atoms with E-state index in [9.17, 15) is 9.59 Å². The molecule has 1 heterocycles. The SMILES string of the molecule is O=C(Cc1ccccc1)NCC(=O)N1CCN(C(c2ccccc2)c2ccccc2)CC1. The second-order valence-corrected chi connectivity index (χ2v) is 8.08. The molecule has 1 N–H and O–H groups in total. The van der Waals surface area contributed by atoms with Gasteiger partial charge in [-0.3, -0.25) is 14.5 Å². The third-order valence-corrected chi connectivity index (χ3v) is 5.91. The number of nitrogens with one attached hydrogen (secondary N) is 1. The Balaban J connectivity index is 1.32. The van der Waals surface area contributed by atoms with Gasteiger partial charge in [0.25, 0.3) is 0 Å². The Hall–Kier alpha value is -3.44. The van der Waals surface area contributed by atoms with E-state index in [1.165, 1.54) is 11.1 Å². The Morgan fingerprint density at radius 3 is 1.75 bits per heavy atom. The Labute approximate surface area is 189 Å². The number of carbonyl (C=O) groups is 2. The lowest BCUT2D eigenvalue weighted by molar-refractivity contribution is -0.134. The predicted octanol–water partition coefficient (Wildman–Crippen LogP) is 3.28. The molecule has 1 aliphatic rings. The van der Waals surface area contributed by atoms with Crippen LogP contribution in [-0.2, 0) is 16.0 Å². The summed E-state index contributed by atoms with van der Waals surface area (Å²) in [6, 6.07) is 30.7. The first-order valence-electron chi connectivity index (χ1n) is 11.1. The molecule has 164 valence electrons. The van der Waals surface area contributed by atoms with E-state index in [1.54, 1.807) is 0 Å². The smallest absolute Gasteiger partial charge is 0.242 e. The molecule has 0 atom stereocenters. The highest BCUT2D eigenvalue weighted by molar-refractivity contribution is 5.85. The first-order valence-corrected chi connectivity index (χ1v) is 11.1. The van der Waals surface area contributed by atoms with Gasteiger partial charge < -0.3 is 10.2 Å². The number of nitrogens with zero attached hydrogens (tertiary/aromatic N) is 2. The summed E-state index contributed by atoms with van der Waals surface area (Å²) in [6.45, 7) is 2.94. The molecule has 0 aromatic heterocycles. The number of hydrogen-bond donors (Lipinski definition) is 1. The van der Waals surface area contributed by atoms with Crippen LogP contribution in [-0.4, -0.2) is 54.3 Å². The molecule has 4 rings (SSSR count). The normalized spacial score (nSPS) is 14.3. The van der Waals surface area contributed by atoms with Gasteiger partial charge in [0.05, 0.1) is 19.0 Å². The van der Waals surface area contributed by atoms with Crippen LogP contribution in [0.4, 0.5) is 0 Å². The van der Waals surface area contributed by atoms with Gasteiger partial charge in [-0.2, -0.15) is 0 Å². The second kappa shape index (κ2) is 10.7. The summed E-state index contributed by atoms with van der Waals surface area (Å²) in [5.41, 5.74) is 3.46. The van der Waals surface area contributed by atoms with E-state index < -0.39 is 0 Å². The predicted molar refractivity (Wildman–Crippen MR) is 126 cm³/mol. The largest absolute Gasteiger partial charge is 0.347 e. The molecular formula is C27H29N3O2. The van der Waals surface area contributed by atoms with Crippen LogP contribution in [0, 0.1) is 0 Å². The summed E-state index contributed by atoms with van der Waals surface area (Å²) in [5.74, 6) is -0.154. The average Bonchev–Trinajstić information content (AvgIpc) is 2.85. The minimum absolute atomic E-state index is 0.0259. The van der Waals surface area contributed by atoms with Crippen molar-refractivity contribution < 1.29 is 9.59 Å². The third-order valence-electron chi connectivity index (χ3n) is 5.91. The molecule has 0 bridgehead atoms. The van der Waals surface area contributed by atoms with Gasteiger partial charge in [0.2, 0.25) is 11.8 Å². The highest BCUT2D eigenvalue weighted by Gasteiger charge is 2.28. The Kier molecular flexibility index (Phi) is 7.31. The maximum absolute atomic E-state index is 12.7. The van der Waals surface area contributed by atoms with Crippen molar-refractivity contribution in [2.75, 3.05) is 32.7 Å². The van der Waals surface area contributed by atoms with Crippen LogP contribution in [0.15, 0.2) is 91.0 Å². The quantitative estimate of drug-likeness (QED) is 0.630. The molecule has 0 aliphatic carbocycles. The molecule has 0 saturated carbocycles. The molecule has 0 radical (unpaired) electrons. The van der Waals surface area contributed by atoms with Crippen LogP contribution in [0.25, 0.3) is 0 Å². The van der Waals surface area contributed by atoms with Crippen molar-refractivity contribution in [3.05, 3.63) is 108 Å². The highest BCUT2D eigenvalue weighted by atomic mass is 16.2. The lowest BCUT2D eigenvalue weighted by Gasteiger charge is -2.39. The number of benzene rings is 3. The van der Waals surface area contributed by atoms with Gasteiger partial charge in [0, 0.05) is 26.2 Å². The lowest BCUT2D eigenvalue weighted by atomic mass is 9.96. The van der Waals surface area contributed by atoms with Crippen molar-refractivity contribution >= 4 is 11.8 Å². The molecule has 2 amide bonds. The maximum atomic E-state index is 12.7. The van der Waals surface area contributed by atoms with Crippen LogP contribution < -0.4 is 5.32 Å². The standard InChI is InChI=1S/C27H29N3O2/c31-25(20-22-10-4-1-5-11-22)28-21-26(32)29-16-18-30(19-17-29)27(23-12-6-2-7-13-23)24-14-8-3-9-15-24/h1-15,27H,16-21H2,(H,28,31). The van der Waals surface area contributed by atoms with Crippen LogP contribution in [0.2, 0.25) is 0 Å². The van der Waals surface area contributed by atoms with Crippen molar-refractivity contribution in [3.8, 4) is 0 Å². The van der Waals surface area contributed by atoms with Gasteiger partial charge in [0.1, 0.15) is 0 Å². The van der Waals surface area contributed by atoms with Crippen molar-refractivity contribution in [1.29, 1.82) is 0 Å². The summed E-state index contributed by atoms with van der Waals surface area (Å²) >= 11 is 0. The van der Waals surface area contributed by atoms with E-state index in [0.29, 0.717) is 13.1 Å². The summed E-state index contributed by atoms with van der Waals surface area (Å²) in [7, 11) is 0. The summed E-state index contributed by atoms with van der Waals surface area (Å²) in [5, 5.41) is 2.77. The number of piperazine rings is 1. The van der Waals surface area contributed by atoms with Crippen LogP contribution in [0.1, 0.15) is 22.7 Å². The van der Waals surface area contributed by atoms with Gasteiger partial charge in [-0.25, -0.2) is 0 Å². The van der Waals surface area contributed by atoms with Gasteiger partial charge in [-0.1, -0.05) is 91.0 Å². The first-order chi connectivity index (χ1) is 15.7. The molecule has 0 unspecified atom stereocenters. The summed E-state index contributed by atoms with van der Waals surface area (Å²) in [4.78, 5) is 29.1. The van der Waals surface area contributed by atoms with Crippen molar-refractivity contribution in [3.63, 3.8) is 0 Å². The molecule has 3 aromatic carbocycles. The zero-order valence-corrected chi connectivity index (χ0v) is 18.2. The van der Waals surface area contributed by atoms with E-state index in [-0.39, 0.29) is 30.8 Å². The molecule has 1 aliphatic heterocycles. The van der Waals surface area contributed by atoms with E-state index in [0.717, 1.165) is 18.7 Å². The number of rotatable bonds is 7. The molecule has 1 fully saturated rings. The van der Waals surface area contributed by atoms with E-state index in [2.05, 4.69) is 58.7 Å². The average molecular weight is 428 g/mol. The highest BCUT2D eigenvalue weighted by Crippen LogP contribution is 2.29. The number of amides is 2. The van der Waals surface area contributed by atoms with Gasteiger partial charge in [-0.15, -0.1) is 0 Å². The Bertz CT molecular complexity index is 961. The van der Waals surface area contributed by atoms with Gasteiger partial charge in [0.15, 0.2) is 0 Å². The fourth-order valence-electron chi connectivity index (χ4n) is 4.24. The molecule has 32 heavy (non-hydrogen) atoms. The monoisotopic (exact) mass is 427 g/mol. The van der Waals surface area contributed by atoms with E-state index >= 15 is 0 Å². The second-order valence-electron chi connectivity index (χ2n) is 8.08. The zero-order chi connectivity index (χ0) is 22.2. The van der Waals surface area contributed by atoms with E-state index in [4.69, 9.17) is 0 Å². The minimum Gasteiger partial charge on any atom is -0.347 e. The first kappa shape index (κ1) is 21.8. The van der Waals surface area contributed by atoms with Gasteiger partial charge in [-0.05, 0) is 16.7 Å². The van der Waals surface area contributed by atoms with Crippen molar-refractivity contribution in [2.24, 2.45) is 0 Å². The minimum atomic E-state index is -0.128. The van der Waals surface area contributed by atoms with Crippen LogP contribution in [0.5, 0.6) is 0 Å². The number of carbonyl (C=O) groups excluding carboxylic acids is 2. The van der Waals surface area contributed by atoms with Gasteiger partial charge >= 0.3 is 0 Å². The molecule has 5 nitrogen and oxygen atoms in total. The van der Waals surface area contributed by atoms with Crippen molar-refractivity contribution in [1.82, 2.24) is 15.1 Å². The third kappa shape index (κ3) is 5.62. The Morgan fingerprint density at radius 2 is 1.22 bits per heavy atom. The molecule has 5 heteroatoms. The molecule has 0 spiro atoms. The zero-order valence-electron chi connectivity index (χ0n) is 18.2. The molecule has 1 saturated heterocycles. The summed E-state index contributed by atoms with van der Waals surface area (Å²) < 4.78 is 0. The molecule has 3 aromatic rings. The topological polar surface area (TPSA) is 52.7 Å². The summed E-state index contributed by atoms with van der Waals surface area (Å²) in [6.07, 6.45) is 0.289. The van der Waals surface area contributed by atoms with Crippen LogP contribution in [0.3, 0.4) is 0 Å². The molecular weight excluding hydrogens is 398 g/mol. The van der Waals surface area contributed by atoms with Crippen molar-refractivity contribution in [2.45, 2.75) is 12.5 Å². The Morgan fingerprint density at radius 1 is 0.719 bits per heavy atom. The fraction of sp³-hybridized carbons (Fsp3) is 0.259. The van der Waals surface area contributed by atoms with E-state index in [1.807, 2.05) is 47.4 Å². The van der Waals surface area contributed by atoms with Crippen LogP contribution >= 0.6 is 0 Å². The number of hydrogen-bond acceptors (Lipinski definition) is 3. The maximum Gasteiger partial charge on any atom is 0.242 e. The lowest BCUT2D eigenvalue weighted by Crippen LogP contribution is -2.52.